The summed E-state index contributed by atoms with van der Waals surface area (Å²) in [5, 5.41) is 2.89. The molecular formula is C18H31N3O5S2. The van der Waals surface area contributed by atoms with Crippen LogP contribution < -0.4 is 9.62 Å². The molecule has 1 rings (SSSR count). The van der Waals surface area contributed by atoms with Gasteiger partial charge >= 0.3 is 0 Å². The molecule has 0 aliphatic carbocycles. The molecule has 0 atom stereocenters. The lowest BCUT2D eigenvalue weighted by molar-refractivity contribution is -0.121. The molecule has 1 N–H and O–H groups in total. The highest BCUT2D eigenvalue weighted by Crippen LogP contribution is 2.22. The zero-order chi connectivity index (χ0) is 21.9. The van der Waals surface area contributed by atoms with Crippen LogP contribution >= 0.6 is 0 Å². The van der Waals surface area contributed by atoms with E-state index in [-0.39, 0.29) is 35.0 Å². The third kappa shape index (κ3) is 6.18. The monoisotopic (exact) mass is 433 g/mol. The van der Waals surface area contributed by atoms with E-state index in [4.69, 9.17) is 0 Å². The van der Waals surface area contributed by atoms with Crippen molar-refractivity contribution in [1.29, 1.82) is 0 Å². The number of sulfonamides is 2. The standard InChI is InChI=1S/C18H31N3O5S2/c1-13(2)18(14(3)4)19-17(22)12-21(27(7,23)24)15-8-10-16(11-9-15)28(25,26)20(5)6/h8-11,13-14,18H,12H2,1-7H3,(H,19,22). The average molecular weight is 434 g/mol. The normalized spacial score (nSPS) is 12.8. The van der Waals surface area contributed by atoms with E-state index in [0.29, 0.717) is 0 Å². The van der Waals surface area contributed by atoms with Crippen LogP contribution in [0.3, 0.4) is 0 Å². The summed E-state index contributed by atoms with van der Waals surface area (Å²) >= 11 is 0. The van der Waals surface area contributed by atoms with Gasteiger partial charge in [0.15, 0.2) is 0 Å². The minimum atomic E-state index is -3.74. The summed E-state index contributed by atoms with van der Waals surface area (Å²) < 4.78 is 50.8. The summed E-state index contributed by atoms with van der Waals surface area (Å²) in [7, 11) is -4.54. The molecule has 28 heavy (non-hydrogen) atoms. The number of nitrogens with zero attached hydrogens (tertiary/aromatic N) is 2. The highest BCUT2D eigenvalue weighted by atomic mass is 32.2. The van der Waals surface area contributed by atoms with Crippen LogP contribution in [0.2, 0.25) is 0 Å². The fourth-order valence-electron chi connectivity index (χ4n) is 2.86. The van der Waals surface area contributed by atoms with Gasteiger partial charge in [0.05, 0.1) is 16.8 Å². The number of carbonyl (C=O) groups is 1. The second kappa shape index (κ2) is 9.23. The van der Waals surface area contributed by atoms with Gasteiger partial charge in [-0.3, -0.25) is 9.10 Å². The number of carbonyl (C=O) groups excluding carboxylic acids is 1. The zero-order valence-corrected chi connectivity index (χ0v) is 19.1. The van der Waals surface area contributed by atoms with Gasteiger partial charge in [-0.1, -0.05) is 27.7 Å². The van der Waals surface area contributed by atoms with E-state index in [1.165, 1.54) is 38.4 Å². The molecule has 0 aliphatic rings. The van der Waals surface area contributed by atoms with Gasteiger partial charge in [-0.05, 0) is 36.1 Å². The van der Waals surface area contributed by atoms with Crippen LogP contribution in [0.4, 0.5) is 5.69 Å². The van der Waals surface area contributed by atoms with Crippen molar-refractivity contribution in [2.75, 3.05) is 31.2 Å². The van der Waals surface area contributed by atoms with E-state index in [0.717, 1.165) is 14.9 Å². The quantitative estimate of drug-likeness (QED) is 0.636. The topological polar surface area (TPSA) is 104 Å². The molecule has 0 heterocycles. The first-order chi connectivity index (χ1) is 12.7. The molecule has 1 aromatic carbocycles. The summed E-state index contributed by atoms with van der Waals surface area (Å²) in [4.78, 5) is 12.5. The SMILES string of the molecule is CC(C)C(NC(=O)CN(c1ccc(S(=O)(=O)N(C)C)cc1)S(C)(=O)=O)C(C)C. The van der Waals surface area contributed by atoms with Gasteiger partial charge < -0.3 is 5.32 Å². The maximum atomic E-state index is 12.5. The Hall–Kier alpha value is -1.65. The molecule has 0 saturated carbocycles. The van der Waals surface area contributed by atoms with Crippen LogP contribution in [0.5, 0.6) is 0 Å². The Morgan fingerprint density at radius 1 is 0.964 bits per heavy atom. The molecule has 0 saturated heterocycles. The Morgan fingerprint density at radius 2 is 1.43 bits per heavy atom. The van der Waals surface area contributed by atoms with Gasteiger partial charge in [0.1, 0.15) is 6.54 Å². The Morgan fingerprint density at radius 3 is 1.79 bits per heavy atom. The number of amides is 1. The van der Waals surface area contributed by atoms with Crippen LogP contribution in [-0.2, 0) is 24.8 Å². The fourth-order valence-corrected chi connectivity index (χ4v) is 4.62. The number of anilines is 1. The molecule has 0 spiro atoms. The number of benzene rings is 1. The summed E-state index contributed by atoms with van der Waals surface area (Å²) in [6.07, 6.45) is 1.01. The van der Waals surface area contributed by atoms with E-state index in [1.807, 2.05) is 27.7 Å². The Bertz CT molecular complexity index is 868. The lowest BCUT2D eigenvalue weighted by Crippen LogP contribution is -2.47. The lowest BCUT2D eigenvalue weighted by Gasteiger charge is -2.28. The van der Waals surface area contributed by atoms with Crippen molar-refractivity contribution >= 4 is 31.6 Å². The molecule has 8 nitrogen and oxygen atoms in total. The fraction of sp³-hybridized carbons (Fsp3) is 0.611. The summed E-state index contributed by atoms with van der Waals surface area (Å²) in [6.45, 7) is 7.58. The third-order valence-corrected chi connectivity index (χ3v) is 7.32. The van der Waals surface area contributed by atoms with Crippen LogP contribution in [-0.4, -0.2) is 60.0 Å². The van der Waals surface area contributed by atoms with E-state index in [9.17, 15) is 21.6 Å². The molecule has 1 amide bonds. The van der Waals surface area contributed by atoms with Gasteiger partial charge in [0.25, 0.3) is 0 Å². The maximum Gasteiger partial charge on any atom is 0.242 e. The number of nitrogens with one attached hydrogen (secondary N) is 1. The smallest absolute Gasteiger partial charge is 0.242 e. The van der Waals surface area contributed by atoms with Crippen molar-refractivity contribution in [3.8, 4) is 0 Å². The number of hydrogen-bond donors (Lipinski definition) is 1. The van der Waals surface area contributed by atoms with Gasteiger partial charge in [-0.25, -0.2) is 21.1 Å². The predicted octanol–water partition coefficient (Wildman–Crippen LogP) is 1.50. The van der Waals surface area contributed by atoms with Gasteiger partial charge in [-0.2, -0.15) is 0 Å². The van der Waals surface area contributed by atoms with E-state index in [2.05, 4.69) is 5.32 Å². The van der Waals surface area contributed by atoms with Crippen molar-refractivity contribution in [3.05, 3.63) is 24.3 Å². The van der Waals surface area contributed by atoms with Crippen molar-refractivity contribution in [2.24, 2.45) is 11.8 Å². The maximum absolute atomic E-state index is 12.5. The zero-order valence-electron chi connectivity index (χ0n) is 17.5. The highest BCUT2D eigenvalue weighted by Gasteiger charge is 2.25. The summed E-state index contributed by atoms with van der Waals surface area (Å²) in [5.41, 5.74) is 0.223. The van der Waals surface area contributed by atoms with Crippen LogP contribution in [0.1, 0.15) is 27.7 Å². The Kier molecular flexibility index (Phi) is 8.04. The molecule has 0 unspecified atom stereocenters. The Balaban J connectivity index is 3.13. The third-order valence-electron chi connectivity index (χ3n) is 4.35. The van der Waals surface area contributed by atoms with E-state index < -0.39 is 26.0 Å². The van der Waals surface area contributed by atoms with E-state index in [1.54, 1.807) is 0 Å². The van der Waals surface area contributed by atoms with Gasteiger partial charge in [-0.15, -0.1) is 0 Å². The van der Waals surface area contributed by atoms with Crippen LogP contribution in [0, 0.1) is 11.8 Å². The van der Waals surface area contributed by atoms with E-state index >= 15 is 0 Å². The predicted molar refractivity (Wildman–Crippen MR) is 111 cm³/mol. The van der Waals surface area contributed by atoms with Crippen LogP contribution in [0.25, 0.3) is 0 Å². The highest BCUT2D eigenvalue weighted by molar-refractivity contribution is 7.92. The molecule has 1 aromatic rings. The molecule has 0 radical (unpaired) electrons. The molecule has 0 bridgehead atoms. The molecule has 0 aliphatic heterocycles. The van der Waals surface area contributed by atoms with Crippen LogP contribution in [0.15, 0.2) is 29.2 Å². The van der Waals surface area contributed by atoms with Crippen molar-refractivity contribution in [2.45, 2.75) is 38.6 Å². The summed E-state index contributed by atoms with van der Waals surface area (Å²) in [5.74, 6) is -0.0138. The Labute approximate surface area is 169 Å². The second-order valence-corrected chi connectivity index (χ2v) is 11.7. The first kappa shape index (κ1) is 24.4. The van der Waals surface area contributed by atoms with Gasteiger partial charge in [0.2, 0.25) is 26.0 Å². The van der Waals surface area contributed by atoms with Crippen molar-refractivity contribution in [1.82, 2.24) is 9.62 Å². The molecule has 160 valence electrons. The molecular weight excluding hydrogens is 402 g/mol. The van der Waals surface area contributed by atoms with Crippen molar-refractivity contribution in [3.63, 3.8) is 0 Å². The minimum absolute atomic E-state index is 0.0406. The first-order valence-corrected chi connectivity index (χ1v) is 12.3. The molecule has 0 aromatic heterocycles. The lowest BCUT2D eigenvalue weighted by atomic mass is 9.93. The molecule has 0 fully saturated rings. The largest absolute Gasteiger partial charge is 0.351 e. The van der Waals surface area contributed by atoms with Crippen molar-refractivity contribution < 1.29 is 21.6 Å². The summed E-state index contributed by atoms with van der Waals surface area (Å²) in [6, 6.07) is 5.33. The first-order valence-electron chi connectivity index (χ1n) is 8.97. The molecule has 10 heteroatoms. The average Bonchev–Trinajstić information content (AvgIpc) is 2.56. The van der Waals surface area contributed by atoms with Gasteiger partial charge in [0, 0.05) is 20.1 Å². The minimum Gasteiger partial charge on any atom is -0.351 e. The number of rotatable bonds is 9. The number of hydrogen-bond acceptors (Lipinski definition) is 5. The second-order valence-electron chi connectivity index (χ2n) is 7.63.